The van der Waals surface area contributed by atoms with Crippen molar-refractivity contribution in [2.24, 2.45) is 17.3 Å². The normalized spacial score (nSPS) is 31.3. The van der Waals surface area contributed by atoms with Crippen molar-refractivity contribution < 1.29 is 19.5 Å². The second-order valence-corrected chi connectivity index (χ2v) is 15.4. The van der Waals surface area contributed by atoms with E-state index in [1.165, 1.54) is 0 Å². The molecule has 2 unspecified atom stereocenters. The number of amides is 3. The van der Waals surface area contributed by atoms with Crippen LogP contribution < -0.4 is 10.6 Å². The highest BCUT2D eigenvalue weighted by atomic mass is 32.2. The number of hydrogen-bond acceptors (Lipinski definition) is 5. The highest BCUT2D eigenvalue weighted by molar-refractivity contribution is 8.02. The Bertz CT molecular complexity index is 1070. The molecule has 38 heavy (non-hydrogen) atoms. The molecule has 4 rings (SSSR count). The van der Waals surface area contributed by atoms with Crippen LogP contribution in [0.2, 0.25) is 0 Å². The number of aliphatic hydroxyl groups is 1. The van der Waals surface area contributed by atoms with E-state index in [2.05, 4.69) is 38.3 Å². The summed E-state index contributed by atoms with van der Waals surface area (Å²) in [4.78, 5) is 43.7. The molecule has 7 nitrogen and oxygen atoms in total. The number of fused-ring (bicyclic) bond motifs is 1. The minimum absolute atomic E-state index is 0.00974. The van der Waals surface area contributed by atoms with Gasteiger partial charge in [0.2, 0.25) is 17.7 Å². The molecular weight excluding hydrogens is 498 g/mol. The van der Waals surface area contributed by atoms with Crippen molar-refractivity contribution in [3.05, 3.63) is 35.9 Å². The summed E-state index contributed by atoms with van der Waals surface area (Å²) >= 11 is 1.67. The predicted octanol–water partition coefficient (Wildman–Crippen LogP) is 3.89. The number of benzene rings is 1. The van der Waals surface area contributed by atoms with Crippen LogP contribution in [0.15, 0.2) is 30.3 Å². The molecule has 0 saturated carbocycles. The first-order valence-corrected chi connectivity index (χ1v) is 14.8. The molecule has 1 aromatic carbocycles. The lowest BCUT2D eigenvalue weighted by atomic mass is 9.66. The topological polar surface area (TPSA) is 98.7 Å². The van der Waals surface area contributed by atoms with Gasteiger partial charge < -0.3 is 20.6 Å². The van der Waals surface area contributed by atoms with Crippen LogP contribution in [0.4, 0.5) is 0 Å². The van der Waals surface area contributed by atoms with Crippen molar-refractivity contribution in [2.45, 2.75) is 108 Å². The third kappa shape index (κ3) is 5.10. The summed E-state index contributed by atoms with van der Waals surface area (Å²) in [6, 6.07) is 8.55. The smallest absolute Gasteiger partial charge is 0.244 e. The van der Waals surface area contributed by atoms with Gasteiger partial charge in [0.05, 0.1) is 29.2 Å². The monoisotopic (exact) mass is 543 g/mol. The SMILES string of the molecule is CC[C@@H](CO)N1C(=O)[C@@H]2[C@H](C(=O)NCc3ccccc3)[C@]3(C)CCC2(S3)C1C(=O)NC(C)(C)CC(C)(C)C. The van der Waals surface area contributed by atoms with Crippen LogP contribution in [-0.4, -0.2) is 61.5 Å². The standard InChI is InChI=1S/C30H45N3O4S/c1-8-20(17-34)33-23(25(36)32-28(5,6)18-27(2,3)4)30-15-14-29(7,38-30)21(22(30)26(33)37)24(35)31-16-19-12-10-9-11-13-19/h9-13,20-23,34H,8,14-18H2,1-7H3,(H,31,35)(H,32,36)/t20-,21+,22-,23?,29-,30?/m0/s1. The molecule has 3 N–H and O–H groups in total. The zero-order valence-electron chi connectivity index (χ0n) is 24.0. The van der Waals surface area contributed by atoms with E-state index in [0.717, 1.165) is 18.4 Å². The molecule has 6 atom stereocenters. The zero-order chi connectivity index (χ0) is 28.1. The van der Waals surface area contributed by atoms with Gasteiger partial charge in [-0.3, -0.25) is 14.4 Å². The highest BCUT2D eigenvalue weighted by Crippen LogP contribution is 2.71. The second-order valence-electron chi connectivity index (χ2n) is 13.5. The molecular formula is C30H45N3O4S. The van der Waals surface area contributed by atoms with Gasteiger partial charge >= 0.3 is 0 Å². The van der Waals surface area contributed by atoms with Gasteiger partial charge in [-0.05, 0) is 57.4 Å². The summed E-state index contributed by atoms with van der Waals surface area (Å²) in [5.41, 5.74) is 0.535. The van der Waals surface area contributed by atoms with E-state index in [1.807, 2.05) is 51.1 Å². The Morgan fingerprint density at radius 3 is 2.37 bits per heavy atom. The molecule has 210 valence electrons. The summed E-state index contributed by atoms with van der Waals surface area (Å²) in [5.74, 6) is -1.60. The average Bonchev–Trinajstić information content (AvgIpc) is 3.38. The quantitative estimate of drug-likeness (QED) is 0.439. The molecule has 1 spiro atoms. The van der Waals surface area contributed by atoms with E-state index >= 15 is 0 Å². The molecule has 3 heterocycles. The third-order valence-electron chi connectivity index (χ3n) is 8.56. The van der Waals surface area contributed by atoms with Crippen molar-refractivity contribution in [2.75, 3.05) is 6.61 Å². The van der Waals surface area contributed by atoms with E-state index in [0.29, 0.717) is 19.4 Å². The summed E-state index contributed by atoms with van der Waals surface area (Å²) in [6.45, 7) is 14.7. The van der Waals surface area contributed by atoms with Gasteiger partial charge in [-0.1, -0.05) is 58.0 Å². The number of carbonyl (C=O) groups excluding carboxylic acids is 3. The average molecular weight is 544 g/mol. The number of nitrogens with zero attached hydrogens (tertiary/aromatic N) is 1. The van der Waals surface area contributed by atoms with Crippen molar-refractivity contribution in [3.8, 4) is 0 Å². The van der Waals surface area contributed by atoms with Crippen LogP contribution in [0.25, 0.3) is 0 Å². The fourth-order valence-electron chi connectivity index (χ4n) is 7.54. The molecule has 3 aliphatic heterocycles. The molecule has 0 aliphatic carbocycles. The summed E-state index contributed by atoms with van der Waals surface area (Å²) in [5, 5.41) is 16.6. The lowest BCUT2D eigenvalue weighted by molar-refractivity contribution is -0.143. The number of carbonyl (C=O) groups is 3. The summed E-state index contributed by atoms with van der Waals surface area (Å²) in [6.07, 6.45) is 2.77. The maximum Gasteiger partial charge on any atom is 0.244 e. The van der Waals surface area contributed by atoms with Crippen molar-refractivity contribution >= 4 is 29.5 Å². The fourth-order valence-corrected chi connectivity index (χ4v) is 9.88. The van der Waals surface area contributed by atoms with Crippen molar-refractivity contribution in [1.82, 2.24) is 15.5 Å². The Hall–Kier alpha value is -2.06. The third-order valence-corrected chi connectivity index (χ3v) is 10.5. The number of nitrogens with one attached hydrogen (secondary N) is 2. The van der Waals surface area contributed by atoms with E-state index in [9.17, 15) is 19.5 Å². The lowest BCUT2D eigenvalue weighted by Gasteiger charge is -2.40. The first-order chi connectivity index (χ1) is 17.7. The molecule has 0 aromatic heterocycles. The maximum absolute atomic E-state index is 14.2. The molecule has 2 bridgehead atoms. The number of thioether (sulfide) groups is 1. The second kappa shape index (κ2) is 10.2. The molecule has 3 fully saturated rings. The van der Waals surface area contributed by atoms with Gasteiger partial charge in [0.1, 0.15) is 6.04 Å². The first-order valence-electron chi connectivity index (χ1n) is 13.9. The number of rotatable bonds is 9. The Morgan fingerprint density at radius 2 is 1.79 bits per heavy atom. The van der Waals surface area contributed by atoms with Crippen LogP contribution in [0.3, 0.4) is 0 Å². The molecule has 8 heteroatoms. The number of aliphatic hydroxyl groups excluding tert-OH is 1. The van der Waals surface area contributed by atoms with E-state index in [4.69, 9.17) is 0 Å². The fraction of sp³-hybridized carbons (Fsp3) is 0.700. The number of hydrogen-bond donors (Lipinski definition) is 3. The maximum atomic E-state index is 14.2. The van der Waals surface area contributed by atoms with Crippen LogP contribution in [0.5, 0.6) is 0 Å². The minimum Gasteiger partial charge on any atom is -0.394 e. The van der Waals surface area contributed by atoms with Crippen LogP contribution in [0.1, 0.15) is 79.7 Å². The van der Waals surface area contributed by atoms with Gasteiger partial charge in [0.25, 0.3) is 0 Å². The molecule has 3 saturated heterocycles. The van der Waals surface area contributed by atoms with Crippen LogP contribution in [-0.2, 0) is 20.9 Å². The molecule has 1 aromatic rings. The predicted molar refractivity (Wildman–Crippen MR) is 151 cm³/mol. The molecule has 0 radical (unpaired) electrons. The van der Waals surface area contributed by atoms with Crippen molar-refractivity contribution in [3.63, 3.8) is 0 Å². The lowest BCUT2D eigenvalue weighted by Crippen LogP contribution is -2.60. The van der Waals surface area contributed by atoms with Gasteiger partial charge in [-0.2, -0.15) is 0 Å². The van der Waals surface area contributed by atoms with E-state index < -0.39 is 39.0 Å². The van der Waals surface area contributed by atoms with Gasteiger partial charge in [0.15, 0.2) is 0 Å². The van der Waals surface area contributed by atoms with Gasteiger partial charge in [-0.25, -0.2) is 0 Å². The largest absolute Gasteiger partial charge is 0.394 e. The Balaban J connectivity index is 1.68. The zero-order valence-corrected chi connectivity index (χ0v) is 24.8. The van der Waals surface area contributed by atoms with Crippen molar-refractivity contribution in [1.29, 1.82) is 0 Å². The van der Waals surface area contributed by atoms with E-state index in [1.54, 1.807) is 16.7 Å². The van der Waals surface area contributed by atoms with Gasteiger partial charge in [-0.15, -0.1) is 11.8 Å². The van der Waals surface area contributed by atoms with E-state index in [-0.39, 0.29) is 29.7 Å². The summed E-state index contributed by atoms with van der Waals surface area (Å²) in [7, 11) is 0. The highest BCUT2D eigenvalue weighted by Gasteiger charge is 2.77. The molecule has 3 aliphatic rings. The van der Waals surface area contributed by atoms with Gasteiger partial charge in [0, 0.05) is 16.8 Å². The Morgan fingerprint density at radius 1 is 1.13 bits per heavy atom. The Labute approximate surface area is 231 Å². The van der Waals surface area contributed by atoms with Crippen LogP contribution in [0, 0.1) is 17.3 Å². The Kier molecular flexibility index (Phi) is 7.74. The minimum atomic E-state index is -0.727. The van der Waals surface area contributed by atoms with Crippen LogP contribution >= 0.6 is 11.8 Å². The summed E-state index contributed by atoms with van der Waals surface area (Å²) < 4.78 is -1.11. The molecule has 3 amide bonds. The number of likely N-dealkylation sites (tertiary alicyclic amines) is 1. The first kappa shape index (κ1) is 28.9.